The van der Waals surface area contributed by atoms with Gasteiger partial charge in [-0.2, -0.15) is 8.78 Å². The second-order valence-electron chi connectivity index (χ2n) is 5.08. The largest absolute Gasteiger partial charge is 0.494 e. The molecule has 128 valence electrons. The van der Waals surface area contributed by atoms with Crippen molar-refractivity contribution >= 4 is 5.91 Å². The summed E-state index contributed by atoms with van der Waals surface area (Å²) in [6, 6.07) is 13.1. The zero-order valence-electron chi connectivity index (χ0n) is 13.3. The van der Waals surface area contributed by atoms with Crippen molar-refractivity contribution in [2.45, 2.75) is 26.5 Å². The van der Waals surface area contributed by atoms with Crippen molar-refractivity contribution < 1.29 is 23.0 Å². The molecule has 0 bridgehead atoms. The first-order valence-electron chi connectivity index (χ1n) is 7.63. The summed E-state index contributed by atoms with van der Waals surface area (Å²) in [6.45, 7) is 0.0397. The number of nitrogens with one attached hydrogen (secondary N) is 1. The van der Waals surface area contributed by atoms with Crippen LogP contribution in [0.25, 0.3) is 0 Å². The number of carbonyl (C=O) groups excluding carboxylic acids is 1. The molecular weight excluding hydrogens is 316 g/mol. The Labute approximate surface area is 139 Å². The first-order valence-corrected chi connectivity index (χ1v) is 7.63. The van der Waals surface area contributed by atoms with Crippen molar-refractivity contribution in [2.75, 3.05) is 6.61 Å². The Hall–Kier alpha value is -2.63. The van der Waals surface area contributed by atoms with E-state index < -0.39 is 6.61 Å². The van der Waals surface area contributed by atoms with E-state index in [0.29, 0.717) is 17.9 Å². The van der Waals surface area contributed by atoms with Crippen LogP contribution in [0.5, 0.6) is 11.5 Å². The smallest absolute Gasteiger partial charge is 0.387 e. The standard InChI is InChI=1S/C18H19F2NO3/c1-2-10-23-16-5-3-4-14(11-16)17(22)21-12-13-6-8-15(9-7-13)24-18(19)20/h3-9,11,18H,2,10,12H2,1H3,(H,21,22). The van der Waals surface area contributed by atoms with E-state index in [1.807, 2.05) is 6.92 Å². The van der Waals surface area contributed by atoms with Gasteiger partial charge in [0.05, 0.1) is 6.61 Å². The zero-order chi connectivity index (χ0) is 17.4. The van der Waals surface area contributed by atoms with E-state index in [1.165, 1.54) is 12.1 Å². The minimum absolute atomic E-state index is 0.0841. The predicted octanol–water partition coefficient (Wildman–Crippen LogP) is 4.01. The molecule has 0 aliphatic heterocycles. The molecule has 0 saturated carbocycles. The zero-order valence-corrected chi connectivity index (χ0v) is 13.3. The Morgan fingerprint density at radius 3 is 2.54 bits per heavy atom. The van der Waals surface area contributed by atoms with Crippen molar-refractivity contribution in [3.05, 3.63) is 59.7 Å². The monoisotopic (exact) mass is 335 g/mol. The van der Waals surface area contributed by atoms with Crippen molar-refractivity contribution in [2.24, 2.45) is 0 Å². The van der Waals surface area contributed by atoms with Crippen molar-refractivity contribution in [3.8, 4) is 11.5 Å². The van der Waals surface area contributed by atoms with Crippen LogP contribution in [0.1, 0.15) is 29.3 Å². The third-order valence-corrected chi connectivity index (χ3v) is 3.17. The molecule has 0 atom stereocenters. The topological polar surface area (TPSA) is 47.6 Å². The number of halogens is 2. The lowest BCUT2D eigenvalue weighted by Gasteiger charge is -2.09. The second kappa shape index (κ2) is 8.86. The fourth-order valence-corrected chi connectivity index (χ4v) is 2.02. The van der Waals surface area contributed by atoms with Gasteiger partial charge in [0.2, 0.25) is 0 Å². The number of hydrogen-bond acceptors (Lipinski definition) is 3. The van der Waals surface area contributed by atoms with E-state index in [-0.39, 0.29) is 18.2 Å². The molecule has 0 aromatic heterocycles. The van der Waals surface area contributed by atoms with Gasteiger partial charge in [0, 0.05) is 12.1 Å². The van der Waals surface area contributed by atoms with Crippen molar-refractivity contribution in [1.82, 2.24) is 5.32 Å². The molecule has 0 saturated heterocycles. The summed E-state index contributed by atoms with van der Waals surface area (Å²) in [7, 11) is 0. The van der Waals surface area contributed by atoms with Gasteiger partial charge in [-0.05, 0) is 42.3 Å². The van der Waals surface area contributed by atoms with Gasteiger partial charge >= 0.3 is 6.61 Å². The Balaban J connectivity index is 1.90. The number of ether oxygens (including phenoxy) is 2. The van der Waals surface area contributed by atoms with Crippen LogP contribution in [-0.4, -0.2) is 19.1 Å². The molecule has 2 aromatic carbocycles. The Morgan fingerprint density at radius 2 is 1.88 bits per heavy atom. The first-order chi connectivity index (χ1) is 11.6. The van der Waals surface area contributed by atoms with Crippen LogP contribution in [0.15, 0.2) is 48.5 Å². The Morgan fingerprint density at radius 1 is 1.12 bits per heavy atom. The van der Waals surface area contributed by atoms with Gasteiger partial charge < -0.3 is 14.8 Å². The number of benzene rings is 2. The van der Waals surface area contributed by atoms with Gasteiger partial charge in [0.15, 0.2) is 0 Å². The molecule has 1 N–H and O–H groups in total. The molecule has 2 rings (SSSR count). The number of alkyl halides is 2. The number of rotatable bonds is 8. The summed E-state index contributed by atoms with van der Waals surface area (Å²) < 4.78 is 33.9. The van der Waals surface area contributed by atoms with Gasteiger partial charge in [-0.1, -0.05) is 25.1 Å². The van der Waals surface area contributed by atoms with Gasteiger partial charge in [-0.15, -0.1) is 0 Å². The van der Waals surface area contributed by atoms with Gasteiger partial charge in [-0.3, -0.25) is 4.79 Å². The highest BCUT2D eigenvalue weighted by atomic mass is 19.3. The summed E-state index contributed by atoms with van der Waals surface area (Å²) in [4.78, 5) is 12.2. The number of carbonyl (C=O) groups is 1. The van der Waals surface area contributed by atoms with Crippen LogP contribution in [0.4, 0.5) is 8.78 Å². The maximum atomic E-state index is 12.2. The molecule has 0 heterocycles. The van der Waals surface area contributed by atoms with E-state index in [2.05, 4.69) is 10.1 Å². The van der Waals surface area contributed by atoms with Gasteiger partial charge in [0.25, 0.3) is 5.91 Å². The lowest BCUT2D eigenvalue weighted by Crippen LogP contribution is -2.22. The summed E-state index contributed by atoms with van der Waals surface area (Å²) in [5.41, 5.74) is 1.28. The highest BCUT2D eigenvalue weighted by molar-refractivity contribution is 5.94. The number of amides is 1. The molecule has 1 amide bonds. The highest BCUT2D eigenvalue weighted by Gasteiger charge is 2.07. The lowest BCUT2D eigenvalue weighted by atomic mass is 10.2. The molecule has 24 heavy (non-hydrogen) atoms. The molecule has 6 heteroatoms. The van der Waals surface area contributed by atoms with E-state index in [1.54, 1.807) is 36.4 Å². The highest BCUT2D eigenvalue weighted by Crippen LogP contribution is 2.16. The van der Waals surface area contributed by atoms with Crippen LogP contribution < -0.4 is 14.8 Å². The van der Waals surface area contributed by atoms with Crippen molar-refractivity contribution in [3.63, 3.8) is 0 Å². The van der Waals surface area contributed by atoms with E-state index in [9.17, 15) is 13.6 Å². The van der Waals surface area contributed by atoms with Crippen molar-refractivity contribution in [1.29, 1.82) is 0 Å². The molecule has 0 radical (unpaired) electrons. The second-order valence-corrected chi connectivity index (χ2v) is 5.08. The fraction of sp³-hybridized carbons (Fsp3) is 0.278. The summed E-state index contributed by atoms with van der Waals surface area (Å²) >= 11 is 0. The van der Waals surface area contributed by atoms with Crippen LogP contribution in [0, 0.1) is 0 Å². The Bertz CT molecular complexity index is 660. The fourth-order valence-electron chi connectivity index (χ4n) is 2.02. The number of hydrogen-bond donors (Lipinski definition) is 1. The third kappa shape index (κ3) is 5.53. The Kier molecular flexibility index (Phi) is 6.54. The molecule has 0 spiro atoms. The minimum atomic E-state index is -2.85. The predicted molar refractivity (Wildman–Crippen MR) is 86.5 cm³/mol. The molecular formula is C18H19F2NO3. The summed E-state index contributed by atoms with van der Waals surface area (Å²) in [5, 5.41) is 2.78. The first kappa shape index (κ1) is 17.7. The molecule has 0 unspecified atom stereocenters. The van der Waals surface area contributed by atoms with E-state index in [0.717, 1.165) is 12.0 Å². The third-order valence-electron chi connectivity index (χ3n) is 3.17. The maximum Gasteiger partial charge on any atom is 0.387 e. The SMILES string of the molecule is CCCOc1cccc(C(=O)NCc2ccc(OC(F)F)cc2)c1. The van der Waals surface area contributed by atoms with Gasteiger partial charge in [-0.25, -0.2) is 0 Å². The van der Waals surface area contributed by atoms with Crippen LogP contribution in [0.2, 0.25) is 0 Å². The molecule has 0 fully saturated rings. The maximum absolute atomic E-state index is 12.2. The molecule has 4 nitrogen and oxygen atoms in total. The average molecular weight is 335 g/mol. The van der Waals surface area contributed by atoms with Crippen LogP contribution in [0.3, 0.4) is 0 Å². The summed E-state index contributed by atoms with van der Waals surface area (Å²) in [6.07, 6.45) is 0.891. The minimum Gasteiger partial charge on any atom is -0.494 e. The summed E-state index contributed by atoms with van der Waals surface area (Å²) in [5.74, 6) is 0.503. The normalized spacial score (nSPS) is 10.5. The van der Waals surface area contributed by atoms with E-state index in [4.69, 9.17) is 4.74 Å². The quantitative estimate of drug-likeness (QED) is 0.793. The van der Waals surface area contributed by atoms with E-state index >= 15 is 0 Å². The van der Waals surface area contributed by atoms with Crippen LogP contribution >= 0.6 is 0 Å². The molecule has 2 aromatic rings. The molecule has 0 aliphatic rings. The average Bonchev–Trinajstić information content (AvgIpc) is 2.59. The molecule has 0 aliphatic carbocycles. The lowest BCUT2D eigenvalue weighted by molar-refractivity contribution is -0.0498. The van der Waals surface area contributed by atoms with Crippen LogP contribution in [-0.2, 0) is 6.54 Å². The van der Waals surface area contributed by atoms with Gasteiger partial charge in [0.1, 0.15) is 11.5 Å².